The smallest absolute Gasteiger partial charge is 0.298 e. The summed E-state index contributed by atoms with van der Waals surface area (Å²) in [5.74, 6) is -0.536. The lowest BCUT2D eigenvalue weighted by Gasteiger charge is -2.04. The highest BCUT2D eigenvalue weighted by Crippen LogP contribution is 2.26. The van der Waals surface area contributed by atoms with E-state index in [0.29, 0.717) is 5.56 Å². The van der Waals surface area contributed by atoms with Crippen LogP contribution in [0.2, 0.25) is 0 Å². The molecule has 0 aliphatic heterocycles. The molecular formula is C11H8N4O5S. The molecule has 1 heterocycles. The fourth-order valence-corrected chi connectivity index (χ4v) is 2.22. The van der Waals surface area contributed by atoms with Crippen LogP contribution in [0.15, 0.2) is 24.4 Å². The average Bonchev–Trinajstić information content (AvgIpc) is 2.87. The zero-order valence-corrected chi connectivity index (χ0v) is 11.4. The number of thiazole rings is 1. The van der Waals surface area contributed by atoms with Crippen molar-refractivity contribution in [2.24, 2.45) is 0 Å². The van der Waals surface area contributed by atoms with Crippen LogP contribution in [-0.2, 0) is 0 Å². The van der Waals surface area contributed by atoms with Gasteiger partial charge in [0.05, 0.1) is 9.85 Å². The molecule has 1 aromatic carbocycles. The Hall–Kier alpha value is -2.88. The van der Waals surface area contributed by atoms with Gasteiger partial charge in [-0.25, -0.2) is 4.98 Å². The number of carbonyl (C=O) groups is 1. The van der Waals surface area contributed by atoms with Crippen molar-refractivity contribution in [2.45, 2.75) is 6.92 Å². The van der Waals surface area contributed by atoms with Crippen molar-refractivity contribution in [1.82, 2.24) is 4.98 Å². The SMILES string of the molecule is Cc1cc([N+](=O)[O-])ccc1C(=O)Nc1ncc([N+](=O)[O-])s1. The number of rotatable bonds is 4. The number of hydrogen-bond acceptors (Lipinski definition) is 7. The number of aromatic nitrogens is 1. The number of nitro groups is 2. The van der Waals surface area contributed by atoms with Gasteiger partial charge in [0.15, 0.2) is 5.13 Å². The number of anilines is 1. The Labute approximate surface area is 121 Å². The van der Waals surface area contributed by atoms with E-state index in [2.05, 4.69) is 10.3 Å². The molecule has 21 heavy (non-hydrogen) atoms. The normalized spacial score (nSPS) is 10.1. The minimum Gasteiger partial charge on any atom is -0.298 e. The van der Waals surface area contributed by atoms with Crippen molar-refractivity contribution in [1.29, 1.82) is 0 Å². The van der Waals surface area contributed by atoms with Gasteiger partial charge in [0.1, 0.15) is 6.20 Å². The summed E-state index contributed by atoms with van der Waals surface area (Å²) in [4.78, 5) is 35.7. The Bertz CT molecular complexity index is 742. The van der Waals surface area contributed by atoms with Crippen LogP contribution >= 0.6 is 11.3 Å². The van der Waals surface area contributed by atoms with E-state index in [1.807, 2.05) is 0 Å². The van der Waals surface area contributed by atoms with Gasteiger partial charge in [0, 0.05) is 17.7 Å². The average molecular weight is 308 g/mol. The van der Waals surface area contributed by atoms with Crippen molar-refractivity contribution in [3.8, 4) is 0 Å². The van der Waals surface area contributed by atoms with E-state index in [-0.39, 0.29) is 21.4 Å². The standard InChI is InChI=1S/C11H8N4O5S/c1-6-4-7(14(17)18)2-3-8(6)10(16)13-11-12-5-9(21-11)15(19)20/h2-5H,1H3,(H,12,13,16). The molecule has 0 atom stereocenters. The molecule has 1 amide bonds. The first kappa shape index (κ1) is 14.5. The second-order valence-corrected chi connectivity index (χ2v) is 4.98. The topological polar surface area (TPSA) is 128 Å². The fourth-order valence-electron chi connectivity index (χ4n) is 1.59. The lowest BCUT2D eigenvalue weighted by atomic mass is 10.1. The fraction of sp³-hybridized carbons (Fsp3) is 0.0909. The number of benzene rings is 1. The van der Waals surface area contributed by atoms with Gasteiger partial charge in [0.2, 0.25) is 0 Å². The Morgan fingerprint density at radius 1 is 1.29 bits per heavy atom. The molecular weight excluding hydrogens is 300 g/mol. The van der Waals surface area contributed by atoms with E-state index in [9.17, 15) is 25.0 Å². The molecule has 108 valence electrons. The highest BCUT2D eigenvalue weighted by molar-refractivity contribution is 7.18. The Morgan fingerprint density at radius 3 is 2.52 bits per heavy atom. The molecule has 0 bridgehead atoms. The summed E-state index contributed by atoms with van der Waals surface area (Å²) in [5, 5.41) is 23.5. The molecule has 0 aliphatic rings. The number of amides is 1. The van der Waals surface area contributed by atoms with E-state index < -0.39 is 15.8 Å². The summed E-state index contributed by atoms with van der Waals surface area (Å²) in [6.45, 7) is 1.56. The molecule has 1 N–H and O–H groups in total. The van der Waals surface area contributed by atoms with Gasteiger partial charge in [-0.15, -0.1) is 0 Å². The van der Waals surface area contributed by atoms with Crippen LogP contribution in [-0.4, -0.2) is 20.7 Å². The first-order valence-electron chi connectivity index (χ1n) is 5.55. The van der Waals surface area contributed by atoms with E-state index in [1.165, 1.54) is 18.2 Å². The Balaban J connectivity index is 2.20. The predicted octanol–water partition coefficient (Wildman–Crippen LogP) is 2.52. The summed E-state index contributed by atoms with van der Waals surface area (Å²) in [6.07, 6.45) is 1.04. The highest BCUT2D eigenvalue weighted by Gasteiger charge is 2.17. The zero-order valence-electron chi connectivity index (χ0n) is 10.6. The molecule has 0 aliphatic carbocycles. The number of hydrogen-bond donors (Lipinski definition) is 1. The number of nitrogens with one attached hydrogen (secondary N) is 1. The third-order valence-corrected chi connectivity index (χ3v) is 3.42. The predicted molar refractivity (Wildman–Crippen MR) is 74.6 cm³/mol. The lowest BCUT2D eigenvalue weighted by molar-refractivity contribution is -0.384. The third kappa shape index (κ3) is 3.17. The molecule has 2 aromatic rings. The second-order valence-electron chi connectivity index (χ2n) is 3.97. The highest BCUT2D eigenvalue weighted by atomic mass is 32.1. The van der Waals surface area contributed by atoms with E-state index in [1.54, 1.807) is 6.92 Å². The number of carbonyl (C=O) groups excluding carboxylic acids is 1. The van der Waals surface area contributed by atoms with Crippen LogP contribution in [0.4, 0.5) is 15.8 Å². The van der Waals surface area contributed by atoms with Gasteiger partial charge in [0.25, 0.3) is 11.6 Å². The van der Waals surface area contributed by atoms with E-state index >= 15 is 0 Å². The molecule has 0 unspecified atom stereocenters. The van der Waals surface area contributed by atoms with Crippen molar-refractivity contribution < 1.29 is 14.6 Å². The lowest BCUT2D eigenvalue weighted by Crippen LogP contribution is -2.13. The Kier molecular flexibility index (Phi) is 3.89. The summed E-state index contributed by atoms with van der Waals surface area (Å²) in [5.41, 5.74) is 0.542. The van der Waals surface area contributed by atoms with Gasteiger partial charge < -0.3 is 0 Å². The number of aryl methyl sites for hydroxylation is 1. The van der Waals surface area contributed by atoms with Crippen molar-refractivity contribution in [2.75, 3.05) is 5.32 Å². The number of nitrogens with zero attached hydrogens (tertiary/aromatic N) is 3. The van der Waals surface area contributed by atoms with Gasteiger partial charge in [-0.3, -0.25) is 30.3 Å². The van der Waals surface area contributed by atoms with Gasteiger partial charge >= 0.3 is 5.00 Å². The minimum atomic E-state index is -0.607. The van der Waals surface area contributed by atoms with Crippen molar-refractivity contribution in [3.05, 3.63) is 55.8 Å². The van der Waals surface area contributed by atoms with E-state index in [4.69, 9.17) is 0 Å². The third-order valence-electron chi connectivity index (χ3n) is 2.56. The van der Waals surface area contributed by atoms with Gasteiger partial charge in [-0.05, 0) is 29.9 Å². The van der Waals surface area contributed by atoms with Crippen molar-refractivity contribution >= 4 is 33.1 Å². The maximum Gasteiger partial charge on any atom is 0.345 e. The van der Waals surface area contributed by atoms with Crippen LogP contribution in [0.25, 0.3) is 0 Å². The first-order chi connectivity index (χ1) is 9.88. The van der Waals surface area contributed by atoms with Crippen LogP contribution in [0, 0.1) is 27.2 Å². The van der Waals surface area contributed by atoms with Gasteiger partial charge in [-0.1, -0.05) is 0 Å². The molecule has 0 fully saturated rings. The molecule has 1 aromatic heterocycles. The molecule has 0 saturated carbocycles. The number of non-ortho nitro benzene ring substituents is 1. The summed E-state index contributed by atoms with van der Waals surface area (Å²) < 4.78 is 0. The largest absolute Gasteiger partial charge is 0.345 e. The molecule has 2 rings (SSSR count). The van der Waals surface area contributed by atoms with Gasteiger partial charge in [-0.2, -0.15) is 0 Å². The first-order valence-corrected chi connectivity index (χ1v) is 6.36. The molecule has 0 spiro atoms. The second kappa shape index (κ2) is 5.63. The zero-order chi connectivity index (χ0) is 15.6. The monoisotopic (exact) mass is 308 g/mol. The maximum atomic E-state index is 12.0. The molecule has 0 saturated heterocycles. The quantitative estimate of drug-likeness (QED) is 0.682. The van der Waals surface area contributed by atoms with Crippen LogP contribution in [0.3, 0.4) is 0 Å². The van der Waals surface area contributed by atoms with E-state index in [0.717, 1.165) is 17.5 Å². The Morgan fingerprint density at radius 2 is 2.00 bits per heavy atom. The minimum absolute atomic E-state index is 0.0875. The van der Waals surface area contributed by atoms with Crippen LogP contribution in [0.1, 0.15) is 15.9 Å². The summed E-state index contributed by atoms with van der Waals surface area (Å²) >= 11 is 0.728. The summed E-state index contributed by atoms with van der Waals surface area (Å²) in [7, 11) is 0. The van der Waals surface area contributed by atoms with Crippen LogP contribution in [0.5, 0.6) is 0 Å². The molecule has 10 heteroatoms. The molecule has 9 nitrogen and oxygen atoms in total. The summed E-state index contributed by atoms with van der Waals surface area (Å²) in [6, 6.07) is 3.82. The molecule has 0 radical (unpaired) electrons. The van der Waals surface area contributed by atoms with Crippen molar-refractivity contribution in [3.63, 3.8) is 0 Å². The maximum absolute atomic E-state index is 12.0. The van der Waals surface area contributed by atoms with Crippen LogP contribution < -0.4 is 5.32 Å². The number of nitro benzene ring substituents is 1.